The van der Waals surface area contributed by atoms with E-state index in [-0.39, 0.29) is 12.3 Å². The third-order valence-electron chi connectivity index (χ3n) is 3.01. The molecule has 0 spiro atoms. The van der Waals surface area contributed by atoms with Gasteiger partial charge in [-0.3, -0.25) is 4.57 Å². The number of oxazole rings is 1. The van der Waals surface area contributed by atoms with E-state index in [4.69, 9.17) is 13.9 Å². The Morgan fingerprint density at radius 1 is 1.25 bits per heavy atom. The number of nitrogens with zero attached hydrogens (tertiary/aromatic N) is 1. The molecule has 0 saturated heterocycles. The lowest BCUT2D eigenvalue weighted by Gasteiger charge is -1.99. The lowest BCUT2D eigenvalue weighted by atomic mass is 10.2. The van der Waals surface area contributed by atoms with E-state index in [2.05, 4.69) is 0 Å². The number of carbonyl (C=O) groups is 1. The number of hydrogen-bond donors (Lipinski definition) is 1. The maximum absolute atomic E-state index is 11.8. The van der Waals surface area contributed by atoms with Crippen LogP contribution in [-0.2, 0) is 6.54 Å². The fourth-order valence-electron chi connectivity index (χ4n) is 2.06. The molecule has 6 heteroatoms. The molecule has 102 valence electrons. The molecule has 1 N–H and O–H groups in total. The first-order valence-corrected chi connectivity index (χ1v) is 5.96. The smallest absolute Gasteiger partial charge is 0.420 e. The molecule has 0 aliphatic carbocycles. The van der Waals surface area contributed by atoms with Crippen molar-refractivity contribution in [1.29, 1.82) is 0 Å². The van der Waals surface area contributed by atoms with E-state index < -0.39 is 11.7 Å². The zero-order valence-corrected chi connectivity index (χ0v) is 10.6. The van der Waals surface area contributed by atoms with Crippen molar-refractivity contribution in [2.24, 2.45) is 0 Å². The first-order chi connectivity index (χ1) is 9.54. The standard InChI is InChI=1S/C14H11NO5/c1-8-2-4-11-10(6-8)15(14(18)20-11)7-9-3-5-12(19-9)13(16)17/h2-6H,7H2,1H3,(H,16,17). The lowest BCUT2D eigenvalue weighted by Crippen LogP contribution is -2.14. The van der Waals surface area contributed by atoms with Crippen molar-refractivity contribution in [2.75, 3.05) is 0 Å². The molecule has 3 rings (SSSR count). The number of hydrogen-bond acceptors (Lipinski definition) is 4. The molecule has 1 aromatic carbocycles. The molecule has 0 fully saturated rings. The number of aryl methyl sites for hydroxylation is 1. The third-order valence-corrected chi connectivity index (χ3v) is 3.01. The quantitative estimate of drug-likeness (QED) is 0.791. The Hall–Kier alpha value is -2.76. The Bertz CT molecular complexity index is 852. The molecule has 0 radical (unpaired) electrons. The summed E-state index contributed by atoms with van der Waals surface area (Å²) in [7, 11) is 0. The van der Waals surface area contributed by atoms with Crippen molar-refractivity contribution in [3.8, 4) is 0 Å². The molecule has 0 bridgehead atoms. The first kappa shape index (κ1) is 12.3. The molecule has 0 atom stereocenters. The predicted octanol–water partition coefficient (Wildman–Crippen LogP) is 2.24. The molecule has 6 nitrogen and oxygen atoms in total. The van der Waals surface area contributed by atoms with Crippen LogP contribution in [0.1, 0.15) is 21.9 Å². The van der Waals surface area contributed by atoms with Gasteiger partial charge in [-0.2, -0.15) is 0 Å². The second-order valence-electron chi connectivity index (χ2n) is 4.50. The van der Waals surface area contributed by atoms with E-state index in [0.29, 0.717) is 16.9 Å². The number of fused-ring (bicyclic) bond motifs is 1. The van der Waals surface area contributed by atoms with Gasteiger partial charge in [-0.05, 0) is 36.8 Å². The van der Waals surface area contributed by atoms with Gasteiger partial charge in [-0.15, -0.1) is 0 Å². The largest absolute Gasteiger partial charge is 0.475 e. The Morgan fingerprint density at radius 3 is 2.75 bits per heavy atom. The lowest BCUT2D eigenvalue weighted by molar-refractivity contribution is 0.0660. The van der Waals surface area contributed by atoms with Gasteiger partial charge < -0.3 is 13.9 Å². The van der Waals surface area contributed by atoms with E-state index in [9.17, 15) is 9.59 Å². The van der Waals surface area contributed by atoms with E-state index in [1.54, 1.807) is 6.07 Å². The average Bonchev–Trinajstić information content (AvgIpc) is 2.97. The first-order valence-electron chi connectivity index (χ1n) is 5.96. The Kier molecular flexibility index (Phi) is 2.71. The molecule has 0 amide bonds. The number of aromatic carboxylic acids is 1. The van der Waals surface area contributed by atoms with Gasteiger partial charge in [0.05, 0.1) is 12.1 Å². The van der Waals surface area contributed by atoms with Gasteiger partial charge in [0.2, 0.25) is 5.76 Å². The SMILES string of the molecule is Cc1ccc2oc(=O)n(Cc3ccc(C(=O)O)o3)c2c1. The number of aromatic nitrogens is 1. The summed E-state index contributed by atoms with van der Waals surface area (Å²) < 4.78 is 11.7. The van der Waals surface area contributed by atoms with Crippen LogP contribution in [0.2, 0.25) is 0 Å². The molecule has 0 aliphatic heterocycles. The Balaban J connectivity index is 2.05. The second kappa shape index (κ2) is 4.41. The van der Waals surface area contributed by atoms with Crippen LogP contribution >= 0.6 is 0 Å². The van der Waals surface area contributed by atoms with Gasteiger partial charge >= 0.3 is 11.7 Å². The minimum absolute atomic E-state index is 0.128. The minimum atomic E-state index is -1.14. The Morgan fingerprint density at radius 2 is 2.05 bits per heavy atom. The summed E-state index contributed by atoms with van der Waals surface area (Å²) in [6.07, 6.45) is 0. The average molecular weight is 273 g/mol. The molecule has 0 saturated carbocycles. The van der Waals surface area contributed by atoms with Crippen molar-refractivity contribution < 1.29 is 18.7 Å². The number of carboxylic acid groups (broad SMARTS) is 1. The Labute approximate surface area is 112 Å². The number of benzene rings is 1. The highest BCUT2D eigenvalue weighted by Gasteiger charge is 2.13. The molecule has 2 aromatic heterocycles. The predicted molar refractivity (Wildman–Crippen MR) is 70.0 cm³/mol. The molecule has 2 heterocycles. The van der Waals surface area contributed by atoms with Crippen LogP contribution in [0, 0.1) is 6.92 Å². The summed E-state index contributed by atoms with van der Waals surface area (Å²) in [4.78, 5) is 22.6. The molecule has 0 unspecified atom stereocenters. The molecule has 3 aromatic rings. The van der Waals surface area contributed by atoms with Gasteiger partial charge in [0.15, 0.2) is 5.58 Å². The van der Waals surface area contributed by atoms with Gasteiger partial charge in [0.25, 0.3) is 0 Å². The maximum atomic E-state index is 11.8. The van der Waals surface area contributed by atoms with Crippen molar-refractivity contribution in [1.82, 2.24) is 4.57 Å². The highest BCUT2D eigenvalue weighted by atomic mass is 16.4. The van der Waals surface area contributed by atoms with Crippen LogP contribution in [0.5, 0.6) is 0 Å². The van der Waals surface area contributed by atoms with E-state index in [0.717, 1.165) is 5.56 Å². The number of furan rings is 1. The summed E-state index contributed by atoms with van der Waals surface area (Å²) in [5.41, 5.74) is 2.15. The van der Waals surface area contributed by atoms with Crippen LogP contribution in [0.3, 0.4) is 0 Å². The summed E-state index contributed by atoms with van der Waals surface area (Å²) in [5, 5.41) is 8.81. The van der Waals surface area contributed by atoms with Crippen molar-refractivity contribution in [2.45, 2.75) is 13.5 Å². The van der Waals surface area contributed by atoms with Crippen LogP contribution in [0.15, 0.2) is 44.0 Å². The number of carboxylic acids is 1. The molecule has 0 aliphatic rings. The topological polar surface area (TPSA) is 85.6 Å². The monoisotopic (exact) mass is 273 g/mol. The number of rotatable bonds is 3. The normalized spacial score (nSPS) is 11.1. The minimum Gasteiger partial charge on any atom is -0.475 e. The van der Waals surface area contributed by atoms with Gasteiger partial charge in [0, 0.05) is 0 Å². The highest BCUT2D eigenvalue weighted by Crippen LogP contribution is 2.17. The second-order valence-corrected chi connectivity index (χ2v) is 4.50. The molecule has 20 heavy (non-hydrogen) atoms. The van der Waals surface area contributed by atoms with Gasteiger partial charge in [-0.25, -0.2) is 9.59 Å². The summed E-state index contributed by atoms with van der Waals surface area (Å²) >= 11 is 0. The van der Waals surface area contributed by atoms with Crippen molar-refractivity contribution in [3.63, 3.8) is 0 Å². The van der Waals surface area contributed by atoms with E-state index in [1.807, 2.05) is 19.1 Å². The summed E-state index contributed by atoms with van der Waals surface area (Å²) in [6.45, 7) is 2.04. The van der Waals surface area contributed by atoms with Crippen LogP contribution in [0.4, 0.5) is 0 Å². The molecular weight excluding hydrogens is 262 g/mol. The third kappa shape index (κ3) is 2.01. The highest BCUT2D eigenvalue weighted by molar-refractivity contribution is 5.84. The van der Waals surface area contributed by atoms with Crippen LogP contribution < -0.4 is 5.76 Å². The fraction of sp³-hybridized carbons (Fsp3) is 0.143. The van der Waals surface area contributed by atoms with Gasteiger partial charge in [-0.1, -0.05) is 6.07 Å². The van der Waals surface area contributed by atoms with E-state index >= 15 is 0 Å². The fourth-order valence-corrected chi connectivity index (χ4v) is 2.06. The van der Waals surface area contributed by atoms with Crippen molar-refractivity contribution >= 4 is 17.1 Å². The van der Waals surface area contributed by atoms with Crippen LogP contribution in [0.25, 0.3) is 11.1 Å². The summed E-state index contributed by atoms with van der Waals surface area (Å²) in [5.74, 6) is -1.42. The zero-order valence-electron chi connectivity index (χ0n) is 10.6. The van der Waals surface area contributed by atoms with Gasteiger partial charge in [0.1, 0.15) is 5.76 Å². The van der Waals surface area contributed by atoms with E-state index in [1.165, 1.54) is 16.7 Å². The zero-order chi connectivity index (χ0) is 14.3. The van der Waals surface area contributed by atoms with Crippen molar-refractivity contribution in [3.05, 3.63) is 58.0 Å². The summed E-state index contributed by atoms with van der Waals surface area (Å²) in [6, 6.07) is 8.31. The maximum Gasteiger partial charge on any atom is 0.420 e. The van der Waals surface area contributed by atoms with Crippen LogP contribution in [-0.4, -0.2) is 15.6 Å². The molecular formula is C14H11NO5.